The minimum Gasteiger partial charge on any atom is -0.497 e. The summed E-state index contributed by atoms with van der Waals surface area (Å²) in [6, 6.07) is 9.58. The summed E-state index contributed by atoms with van der Waals surface area (Å²) in [5.41, 5.74) is 3.94. The summed E-state index contributed by atoms with van der Waals surface area (Å²) in [4.78, 5) is 21.1. The topological polar surface area (TPSA) is 71.9 Å². The summed E-state index contributed by atoms with van der Waals surface area (Å²) >= 11 is 1.44. The van der Waals surface area contributed by atoms with Crippen LogP contribution < -0.4 is 10.1 Å². The fraction of sp³-hybridized carbons (Fsp3) is 0.304. The van der Waals surface area contributed by atoms with Crippen LogP contribution in [0, 0.1) is 12.8 Å². The predicted molar refractivity (Wildman–Crippen MR) is 122 cm³/mol. The van der Waals surface area contributed by atoms with Gasteiger partial charge in [0.15, 0.2) is 5.13 Å². The molecule has 0 saturated heterocycles. The standard InChI is InChI=1S/C23H26N4O2S/c1-14(2)11-20(27-9-5-6-10-27)22(28)26-23-25-19(13-30-23)21-15(3)24-18-8-7-16(29-4)12-17(18)21/h5-10,12-14,20,24H,11H2,1-4H3,(H,25,26,28). The highest BCUT2D eigenvalue weighted by Crippen LogP contribution is 2.36. The van der Waals surface area contributed by atoms with Gasteiger partial charge < -0.3 is 19.6 Å². The molecule has 6 nitrogen and oxygen atoms in total. The third kappa shape index (κ3) is 3.98. The van der Waals surface area contributed by atoms with Crippen LogP contribution in [-0.2, 0) is 4.79 Å². The van der Waals surface area contributed by atoms with E-state index in [9.17, 15) is 4.79 Å². The van der Waals surface area contributed by atoms with Gasteiger partial charge in [-0.3, -0.25) is 4.79 Å². The van der Waals surface area contributed by atoms with E-state index in [1.165, 1.54) is 11.3 Å². The molecule has 0 spiro atoms. The number of nitrogens with zero attached hydrogens (tertiary/aromatic N) is 2. The van der Waals surface area contributed by atoms with E-state index in [0.717, 1.165) is 40.0 Å². The van der Waals surface area contributed by atoms with Crippen LogP contribution in [0.5, 0.6) is 5.75 Å². The Morgan fingerprint density at radius 1 is 1.30 bits per heavy atom. The molecule has 0 bridgehead atoms. The third-order valence-corrected chi connectivity index (χ3v) is 5.93. The molecule has 156 valence electrons. The second kappa shape index (κ2) is 8.36. The Bertz CT molecular complexity index is 1160. The smallest absolute Gasteiger partial charge is 0.249 e. The van der Waals surface area contributed by atoms with Crippen molar-refractivity contribution in [2.45, 2.75) is 33.2 Å². The molecule has 1 atom stereocenters. The highest BCUT2D eigenvalue weighted by atomic mass is 32.1. The van der Waals surface area contributed by atoms with Gasteiger partial charge in [-0.1, -0.05) is 13.8 Å². The lowest BCUT2D eigenvalue weighted by Crippen LogP contribution is -2.26. The first-order valence-electron chi connectivity index (χ1n) is 10.0. The van der Waals surface area contributed by atoms with E-state index < -0.39 is 0 Å². The number of aromatic amines is 1. The Kier molecular flexibility index (Phi) is 5.63. The molecule has 7 heteroatoms. The maximum atomic E-state index is 13.0. The number of fused-ring (bicyclic) bond motifs is 1. The zero-order chi connectivity index (χ0) is 21.3. The molecular formula is C23H26N4O2S. The summed E-state index contributed by atoms with van der Waals surface area (Å²) in [5.74, 6) is 1.16. The number of ether oxygens (including phenoxy) is 1. The number of H-pyrrole nitrogens is 1. The van der Waals surface area contributed by atoms with Gasteiger partial charge in [0.05, 0.1) is 12.8 Å². The summed E-state index contributed by atoms with van der Waals surface area (Å²) in [5, 5.41) is 6.66. The molecule has 2 N–H and O–H groups in total. The molecule has 1 aromatic carbocycles. The number of rotatable bonds is 7. The van der Waals surface area contributed by atoms with Crippen molar-refractivity contribution >= 4 is 33.3 Å². The number of aromatic nitrogens is 3. The van der Waals surface area contributed by atoms with Crippen molar-refractivity contribution < 1.29 is 9.53 Å². The normalized spacial score (nSPS) is 12.4. The minimum absolute atomic E-state index is 0.0434. The average Bonchev–Trinajstić information content (AvgIpc) is 3.44. The van der Waals surface area contributed by atoms with Gasteiger partial charge >= 0.3 is 0 Å². The van der Waals surface area contributed by atoms with Crippen LogP contribution in [0.1, 0.15) is 32.0 Å². The number of nitrogens with one attached hydrogen (secondary N) is 2. The molecule has 1 unspecified atom stereocenters. The van der Waals surface area contributed by atoms with E-state index in [0.29, 0.717) is 11.0 Å². The van der Waals surface area contributed by atoms with Crippen molar-refractivity contribution in [3.05, 3.63) is 53.8 Å². The van der Waals surface area contributed by atoms with Crippen molar-refractivity contribution in [1.29, 1.82) is 0 Å². The van der Waals surface area contributed by atoms with E-state index in [2.05, 4.69) is 24.1 Å². The molecular weight excluding hydrogens is 396 g/mol. The fourth-order valence-electron chi connectivity index (χ4n) is 3.76. The maximum Gasteiger partial charge on any atom is 0.249 e. The molecule has 1 amide bonds. The van der Waals surface area contributed by atoms with Gasteiger partial charge in [0, 0.05) is 39.9 Å². The zero-order valence-corrected chi connectivity index (χ0v) is 18.4. The fourth-order valence-corrected chi connectivity index (χ4v) is 4.47. The summed E-state index contributed by atoms with van der Waals surface area (Å²) < 4.78 is 7.34. The Morgan fingerprint density at radius 2 is 2.07 bits per heavy atom. The van der Waals surface area contributed by atoms with Crippen LogP contribution in [0.25, 0.3) is 22.2 Å². The van der Waals surface area contributed by atoms with Crippen LogP contribution >= 0.6 is 11.3 Å². The Morgan fingerprint density at radius 3 is 2.77 bits per heavy atom. The lowest BCUT2D eigenvalue weighted by molar-refractivity contribution is -0.119. The lowest BCUT2D eigenvalue weighted by Gasteiger charge is -2.19. The number of thiazole rings is 1. The molecule has 0 radical (unpaired) electrons. The van der Waals surface area contributed by atoms with Crippen molar-refractivity contribution in [1.82, 2.24) is 14.5 Å². The molecule has 0 aliphatic heterocycles. The molecule has 3 heterocycles. The van der Waals surface area contributed by atoms with Crippen LogP contribution in [0.15, 0.2) is 48.1 Å². The number of benzene rings is 1. The van der Waals surface area contributed by atoms with Gasteiger partial charge in [-0.25, -0.2) is 4.98 Å². The summed E-state index contributed by atoms with van der Waals surface area (Å²) in [6.07, 6.45) is 4.63. The van der Waals surface area contributed by atoms with Crippen LogP contribution in [0.4, 0.5) is 5.13 Å². The maximum absolute atomic E-state index is 13.0. The first-order chi connectivity index (χ1) is 14.5. The number of anilines is 1. The number of aryl methyl sites for hydroxylation is 1. The van der Waals surface area contributed by atoms with Crippen LogP contribution in [0.2, 0.25) is 0 Å². The predicted octanol–water partition coefficient (Wildman–Crippen LogP) is 5.64. The number of hydrogen-bond acceptors (Lipinski definition) is 4. The van der Waals surface area contributed by atoms with E-state index in [4.69, 9.17) is 9.72 Å². The Hall–Kier alpha value is -3.06. The molecule has 0 saturated carbocycles. The van der Waals surface area contributed by atoms with Crippen LogP contribution in [0.3, 0.4) is 0 Å². The van der Waals surface area contributed by atoms with Gasteiger partial charge in [0.2, 0.25) is 5.91 Å². The van der Waals surface area contributed by atoms with Gasteiger partial charge in [-0.05, 0) is 49.6 Å². The minimum atomic E-state index is -0.258. The van der Waals surface area contributed by atoms with Gasteiger partial charge in [-0.15, -0.1) is 11.3 Å². The second-order valence-corrected chi connectivity index (χ2v) is 8.70. The molecule has 4 rings (SSSR count). The number of carbonyl (C=O) groups is 1. The molecule has 0 fully saturated rings. The first-order valence-corrected chi connectivity index (χ1v) is 10.9. The van der Waals surface area contributed by atoms with Crippen molar-refractivity contribution in [3.63, 3.8) is 0 Å². The highest BCUT2D eigenvalue weighted by Gasteiger charge is 2.22. The van der Waals surface area contributed by atoms with E-state index in [1.807, 2.05) is 59.6 Å². The largest absolute Gasteiger partial charge is 0.497 e. The first kappa shape index (κ1) is 20.2. The summed E-state index contributed by atoms with van der Waals surface area (Å²) in [6.45, 7) is 6.28. The van der Waals surface area contributed by atoms with E-state index >= 15 is 0 Å². The Labute approximate surface area is 179 Å². The van der Waals surface area contributed by atoms with Gasteiger partial charge in [0.1, 0.15) is 11.8 Å². The second-order valence-electron chi connectivity index (χ2n) is 7.84. The Balaban J connectivity index is 1.61. The molecule has 0 aliphatic carbocycles. The van der Waals surface area contributed by atoms with Crippen molar-refractivity contribution in [2.75, 3.05) is 12.4 Å². The zero-order valence-electron chi connectivity index (χ0n) is 17.6. The molecule has 0 aliphatic rings. The van der Waals surface area contributed by atoms with Crippen LogP contribution in [-0.4, -0.2) is 27.6 Å². The molecule has 30 heavy (non-hydrogen) atoms. The lowest BCUT2D eigenvalue weighted by atomic mass is 10.0. The number of amides is 1. The number of carbonyl (C=O) groups excluding carboxylic acids is 1. The van der Waals surface area contributed by atoms with Crippen molar-refractivity contribution in [3.8, 4) is 17.0 Å². The average molecular weight is 423 g/mol. The van der Waals surface area contributed by atoms with Gasteiger partial charge in [-0.2, -0.15) is 0 Å². The third-order valence-electron chi connectivity index (χ3n) is 5.17. The van der Waals surface area contributed by atoms with E-state index in [1.54, 1.807) is 7.11 Å². The quantitative estimate of drug-likeness (QED) is 0.405. The monoisotopic (exact) mass is 422 g/mol. The molecule has 3 aromatic heterocycles. The van der Waals surface area contributed by atoms with E-state index in [-0.39, 0.29) is 11.9 Å². The number of hydrogen-bond donors (Lipinski definition) is 2. The van der Waals surface area contributed by atoms with Crippen molar-refractivity contribution in [2.24, 2.45) is 5.92 Å². The highest BCUT2D eigenvalue weighted by molar-refractivity contribution is 7.14. The molecule has 4 aromatic rings. The SMILES string of the molecule is COc1ccc2[nH]c(C)c(-c3csc(NC(=O)C(CC(C)C)n4cccc4)n3)c2c1. The number of methoxy groups -OCH3 is 1. The van der Waals surface area contributed by atoms with Gasteiger partial charge in [0.25, 0.3) is 0 Å². The summed E-state index contributed by atoms with van der Waals surface area (Å²) in [7, 11) is 1.66.